The van der Waals surface area contributed by atoms with Crippen molar-refractivity contribution in [3.63, 3.8) is 0 Å². The van der Waals surface area contributed by atoms with Gasteiger partial charge in [-0.05, 0) is 19.1 Å². The number of H-pyrrole nitrogens is 1. The van der Waals surface area contributed by atoms with Gasteiger partial charge in [0.1, 0.15) is 18.3 Å². The molecule has 1 fully saturated rings. The zero-order valence-electron chi connectivity index (χ0n) is 16.2. The Hall–Kier alpha value is -3.52. The number of azo groups is 1. The molecule has 2 aromatic heterocycles. The first-order valence-electron chi connectivity index (χ1n) is 9.23. The lowest BCUT2D eigenvalue weighted by Gasteiger charge is -2.17. The normalized spacial score (nSPS) is 23.7. The molecule has 4 rings (SSSR count). The Labute approximate surface area is 173 Å². The van der Waals surface area contributed by atoms with E-state index in [1.54, 1.807) is 24.3 Å². The lowest BCUT2D eigenvalue weighted by molar-refractivity contribution is -0.0503. The maximum absolute atomic E-state index is 12.4. The van der Waals surface area contributed by atoms with E-state index >= 15 is 0 Å². The fraction of sp³-hybridized carbons (Fsp3) is 0.333. The van der Waals surface area contributed by atoms with Crippen LogP contribution in [0.4, 0.5) is 11.9 Å². The third kappa shape index (κ3) is 3.70. The summed E-state index contributed by atoms with van der Waals surface area (Å²) in [6.07, 6.45) is -5.37. The van der Waals surface area contributed by atoms with Crippen molar-refractivity contribution in [2.45, 2.75) is 31.5 Å². The van der Waals surface area contributed by atoms with E-state index in [2.05, 4.69) is 25.2 Å². The van der Waals surface area contributed by atoms with Gasteiger partial charge >= 0.3 is 0 Å². The van der Waals surface area contributed by atoms with E-state index < -0.39 is 42.6 Å². The molecule has 3 aromatic rings. The number of amides is 1. The number of aryl methyl sites for hydroxylation is 1. The van der Waals surface area contributed by atoms with Crippen molar-refractivity contribution in [3.05, 3.63) is 45.7 Å². The number of rotatable bonds is 4. The summed E-state index contributed by atoms with van der Waals surface area (Å²) in [7, 11) is 0. The predicted octanol–water partition coefficient (Wildman–Crippen LogP) is -0.454. The molecule has 2 unspecified atom stereocenters. The van der Waals surface area contributed by atoms with E-state index in [4.69, 9.17) is 10.5 Å². The molecule has 0 bridgehead atoms. The fourth-order valence-electron chi connectivity index (χ4n) is 3.23. The minimum Gasteiger partial charge on any atom is -0.394 e. The molecular weight excluding hydrogens is 410 g/mol. The van der Waals surface area contributed by atoms with Crippen LogP contribution >= 0.6 is 0 Å². The van der Waals surface area contributed by atoms with Gasteiger partial charge in [-0.2, -0.15) is 4.98 Å². The van der Waals surface area contributed by atoms with Crippen molar-refractivity contribution >= 4 is 29.0 Å². The number of imidazole rings is 1. The lowest BCUT2D eigenvalue weighted by atomic mass is 10.1. The van der Waals surface area contributed by atoms with Gasteiger partial charge in [0.25, 0.3) is 17.4 Å². The van der Waals surface area contributed by atoms with Gasteiger partial charge in [0.15, 0.2) is 17.4 Å². The molecule has 31 heavy (non-hydrogen) atoms. The van der Waals surface area contributed by atoms with Gasteiger partial charge < -0.3 is 25.8 Å². The van der Waals surface area contributed by atoms with Crippen LogP contribution in [-0.2, 0) is 4.74 Å². The van der Waals surface area contributed by atoms with E-state index in [9.17, 15) is 24.9 Å². The minimum absolute atomic E-state index is 0.104. The summed E-state index contributed by atoms with van der Waals surface area (Å²) in [6, 6.07) is 6.64. The molecule has 1 aliphatic rings. The molecule has 1 amide bonds. The van der Waals surface area contributed by atoms with Gasteiger partial charge in [-0.1, -0.05) is 17.7 Å². The number of nitrogens with two attached hydrogens (primary N) is 1. The number of nitrogens with zero attached hydrogens (tertiary/aromatic N) is 5. The monoisotopic (exact) mass is 429 g/mol. The molecule has 1 aromatic carbocycles. The van der Waals surface area contributed by atoms with Crippen LogP contribution in [0.3, 0.4) is 0 Å². The number of hydrogen-bond donors (Lipinski definition) is 5. The zero-order chi connectivity index (χ0) is 22.3. The van der Waals surface area contributed by atoms with Crippen LogP contribution in [-0.4, -0.2) is 65.7 Å². The number of anilines is 1. The molecule has 13 heteroatoms. The van der Waals surface area contributed by atoms with Gasteiger partial charge in [0.05, 0.1) is 6.61 Å². The summed E-state index contributed by atoms with van der Waals surface area (Å²) in [6.45, 7) is 1.30. The summed E-state index contributed by atoms with van der Waals surface area (Å²) in [5.74, 6) is -1.18. The number of aromatic amines is 1. The molecule has 1 aliphatic heterocycles. The van der Waals surface area contributed by atoms with Crippen LogP contribution in [0, 0.1) is 6.92 Å². The molecule has 0 spiro atoms. The van der Waals surface area contributed by atoms with Crippen LogP contribution in [0.1, 0.15) is 22.1 Å². The number of benzene rings is 1. The quantitative estimate of drug-likeness (QED) is 0.340. The summed E-state index contributed by atoms with van der Waals surface area (Å²) < 4.78 is 6.60. The topological polar surface area (TPSA) is 201 Å². The molecule has 1 saturated heterocycles. The third-order valence-corrected chi connectivity index (χ3v) is 4.85. The molecule has 162 valence electrons. The Morgan fingerprint density at radius 3 is 2.61 bits per heavy atom. The molecular formula is C18H19N7O6. The van der Waals surface area contributed by atoms with Gasteiger partial charge in [0.2, 0.25) is 5.95 Å². The van der Waals surface area contributed by atoms with E-state index in [0.717, 1.165) is 10.1 Å². The number of aliphatic hydroxyl groups is 3. The van der Waals surface area contributed by atoms with Crippen molar-refractivity contribution in [3.8, 4) is 0 Å². The molecule has 6 N–H and O–H groups in total. The number of nitrogens with one attached hydrogen (secondary N) is 1. The fourth-order valence-corrected chi connectivity index (χ4v) is 3.23. The second-order valence-electron chi connectivity index (χ2n) is 7.01. The van der Waals surface area contributed by atoms with E-state index in [1.807, 2.05) is 6.92 Å². The Kier molecular flexibility index (Phi) is 5.32. The predicted molar refractivity (Wildman–Crippen MR) is 106 cm³/mol. The van der Waals surface area contributed by atoms with E-state index in [-0.39, 0.29) is 28.6 Å². The molecule has 0 radical (unpaired) electrons. The average Bonchev–Trinajstić information content (AvgIpc) is 3.24. The second-order valence-corrected chi connectivity index (χ2v) is 7.01. The van der Waals surface area contributed by atoms with E-state index in [0.29, 0.717) is 0 Å². The van der Waals surface area contributed by atoms with Gasteiger partial charge in [0, 0.05) is 5.56 Å². The highest BCUT2D eigenvalue weighted by Crippen LogP contribution is 2.34. The van der Waals surface area contributed by atoms with Crippen LogP contribution in [0.15, 0.2) is 39.3 Å². The molecule has 3 heterocycles. The SMILES string of the molecule is Cc1ccc(C(=O)/N=N\c2nc3c(=O)[nH]c(N)nc3n2[C@@H]2O[C@H](CO)C(O)C2O)cc1. The maximum atomic E-state index is 12.4. The lowest BCUT2D eigenvalue weighted by Crippen LogP contribution is -2.33. The van der Waals surface area contributed by atoms with Gasteiger partial charge in [-0.3, -0.25) is 19.1 Å². The van der Waals surface area contributed by atoms with Crippen LogP contribution in [0.2, 0.25) is 0 Å². The number of carbonyl (C=O) groups is 1. The van der Waals surface area contributed by atoms with Crippen LogP contribution in [0.5, 0.6) is 0 Å². The first kappa shape index (κ1) is 20.7. The zero-order valence-corrected chi connectivity index (χ0v) is 16.2. The number of aliphatic hydroxyl groups excluding tert-OH is 3. The molecule has 13 nitrogen and oxygen atoms in total. The summed E-state index contributed by atoms with van der Waals surface area (Å²) in [5, 5.41) is 37.3. The van der Waals surface area contributed by atoms with Crippen molar-refractivity contribution in [1.29, 1.82) is 0 Å². The average molecular weight is 429 g/mol. The highest BCUT2D eigenvalue weighted by molar-refractivity contribution is 5.94. The standard InChI is InChI=1S/C18H19N7O6/c1-7-2-4-8(5-3-7)14(29)23-24-18-20-10-13(21-17(19)22-15(10)30)25(18)16-12(28)11(27)9(6-26)31-16/h2-5,9,11-12,16,26-28H,6H2,1H3,(H3,19,21,22,30)/b24-23-/t9-,11?,12?,16-/m1/s1. The van der Waals surface area contributed by atoms with Crippen molar-refractivity contribution in [2.75, 3.05) is 12.3 Å². The summed E-state index contributed by atoms with van der Waals surface area (Å²) >= 11 is 0. The van der Waals surface area contributed by atoms with Gasteiger partial charge in [-0.15, -0.1) is 10.2 Å². The molecule has 4 atom stereocenters. The number of hydrogen-bond acceptors (Lipinski definition) is 10. The number of fused-ring (bicyclic) bond motifs is 1. The number of aromatic nitrogens is 4. The van der Waals surface area contributed by atoms with Gasteiger partial charge in [-0.25, -0.2) is 4.98 Å². The highest BCUT2D eigenvalue weighted by Gasteiger charge is 2.45. The Morgan fingerprint density at radius 2 is 1.97 bits per heavy atom. The first-order chi connectivity index (χ1) is 14.8. The Balaban J connectivity index is 1.80. The van der Waals surface area contributed by atoms with Crippen molar-refractivity contribution < 1.29 is 24.9 Å². The summed E-state index contributed by atoms with van der Waals surface area (Å²) in [4.78, 5) is 34.9. The second kappa shape index (κ2) is 7.96. The number of carbonyl (C=O) groups excluding carboxylic acids is 1. The third-order valence-electron chi connectivity index (χ3n) is 4.85. The molecule has 0 saturated carbocycles. The molecule has 0 aliphatic carbocycles. The summed E-state index contributed by atoms with van der Waals surface area (Å²) in [5.41, 5.74) is 5.88. The highest BCUT2D eigenvalue weighted by atomic mass is 16.6. The Morgan fingerprint density at radius 1 is 1.26 bits per heavy atom. The van der Waals surface area contributed by atoms with Crippen LogP contribution < -0.4 is 11.3 Å². The Bertz CT molecular complexity index is 1220. The largest absolute Gasteiger partial charge is 0.394 e. The van der Waals surface area contributed by atoms with Crippen molar-refractivity contribution in [2.24, 2.45) is 10.2 Å². The van der Waals surface area contributed by atoms with Crippen molar-refractivity contribution in [1.82, 2.24) is 19.5 Å². The first-order valence-corrected chi connectivity index (χ1v) is 9.23. The number of nitrogen functional groups attached to an aromatic ring is 1. The maximum Gasteiger partial charge on any atom is 0.295 e. The van der Waals surface area contributed by atoms with E-state index in [1.165, 1.54) is 0 Å². The smallest absolute Gasteiger partial charge is 0.295 e. The van der Waals surface area contributed by atoms with Crippen LogP contribution in [0.25, 0.3) is 11.2 Å². The number of ether oxygens (including phenoxy) is 1. The minimum atomic E-state index is -1.52.